The van der Waals surface area contributed by atoms with Gasteiger partial charge in [0.2, 0.25) is 0 Å². The number of methoxy groups -OCH3 is 1. The monoisotopic (exact) mass is 419 g/mol. The van der Waals surface area contributed by atoms with Crippen LogP contribution in [0.4, 0.5) is 0 Å². The molecule has 0 aliphatic heterocycles. The molecule has 3 aromatic carbocycles. The summed E-state index contributed by atoms with van der Waals surface area (Å²) in [6.07, 6.45) is 0. The summed E-state index contributed by atoms with van der Waals surface area (Å²) in [4.78, 5) is 10.9. The number of ether oxygens (including phenoxy) is 1. The van der Waals surface area contributed by atoms with Crippen molar-refractivity contribution in [1.29, 1.82) is 0 Å². The third-order valence-electron chi connectivity index (χ3n) is 4.39. The van der Waals surface area contributed by atoms with E-state index in [1.54, 1.807) is 26.2 Å². The maximum absolute atomic E-state index is 10.9. The quantitative estimate of drug-likeness (QED) is 0.539. The molecule has 6 heteroatoms. The maximum Gasteiger partial charge on any atom is 0.310 e. The van der Waals surface area contributed by atoms with E-state index in [2.05, 4.69) is 0 Å². The molecule has 0 aliphatic rings. The molecule has 0 bridgehead atoms. The van der Waals surface area contributed by atoms with E-state index in [0.717, 1.165) is 27.6 Å². The highest BCUT2D eigenvalue weighted by Gasteiger charge is 2.13. The Labute approximate surface area is 174 Å². The van der Waals surface area contributed by atoms with Gasteiger partial charge in [0.15, 0.2) is 0 Å². The van der Waals surface area contributed by atoms with Gasteiger partial charge in [0.25, 0.3) is 0 Å². The zero-order valence-corrected chi connectivity index (χ0v) is 17.5. The fourth-order valence-corrected chi connectivity index (χ4v) is 3.23. The number of fused-ring (bicyclic) bond motifs is 1. The third kappa shape index (κ3) is 5.61. The highest BCUT2D eigenvalue weighted by Crippen LogP contribution is 2.25. The molecule has 0 aliphatic carbocycles. The predicted octanol–water partition coefficient (Wildman–Crippen LogP) is 6.05. The van der Waals surface area contributed by atoms with Gasteiger partial charge in [0.05, 0.1) is 13.0 Å². The Morgan fingerprint density at radius 2 is 1.64 bits per heavy atom. The molecule has 0 unspecified atom stereocenters. The van der Waals surface area contributed by atoms with E-state index in [1.807, 2.05) is 49.4 Å². The van der Waals surface area contributed by atoms with Gasteiger partial charge < -0.3 is 15.6 Å². The van der Waals surface area contributed by atoms with Gasteiger partial charge in [0, 0.05) is 16.1 Å². The molecule has 0 fully saturated rings. The topological polar surface area (TPSA) is 72.5 Å². The van der Waals surface area contributed by atoms with Crippen LogP contribution >= 0.6 is 23.2 Å². The lowest BCUT2D eigenvalue weighted by molar-refractivity contribution is -0.138. The van der Waals surface area contributed by atoms with Crippen LogP contribution in [0.5, 0.6) is 5.75 Å². The Morgan fingerprint density at radius 1 is 1.00 bits per heavy atom. The highest BCUT2D eigenvalue weighted by atomic mass is 35.5. The summed E-state index contributed by atoms with van der Waals surface area (Å²) in [5, 5.41) is 12.3. The molecule has 148 valence electrons. The Morgan fingerprint density at radius 3 is 2.21 bits per heavy atom. The second-order valence-corrected chi connectivity index (χ2v) is 7.33. The Hall–Kier alpha value is -2.27. The maximum atomic E-state index is 10.9. The molecule has 0 amide bonds. The van der Waals surface area contributed by atoms with Gasteiger partial charge in [-0.05, 0) is 60.0 Å². The summed E-state index contributed by atoms with van der Waals surface area (Å²) in [6.45, 7) is 3.57. The second kappa shape index (κ2) is 9.78. The SMILES string of the molecule is COc1ccc2cc([C@H](C)C(=O)O)ccc2c1.C[C@H](N)c1ccc(Cl)cc1Cl. The van der Waals surface area contributed by atoms with Gasteiger partial charge in [-0.3, -0.25) is 4.79 Å². The molecule has 0 aromatic heterocycles. The van der Waals surface area contributed by atoms with Crippen molar-refractivity contribution in [3.63, 3.8) is 0 Å². The van der Waals surface area contributed by atoms with E-state index >= 15 is 0 Å². The van der Waals surface area contributed by atoms with Crippen molar-refractivity contribution in [3.8, 4) is 5.75 Å². The number of hydrogen-bond donors (Lipinski definition) is 2. The van der Waals surface area contributed by atoms with Crippen molar-refractivity contribution in [2.75, 3.05) is 7.11 Å². The number of carbonyl (C=O) groups is 1. The fourth-order valence-electron chi connectivity index (χ4n) is 2.65. The number of carboxylic acids is 1. The molecule has 0 spiro atoms. The first-order chi connectivity index (χ1) is 13.2. The zero-order chi connectivity index (χ0) is 20.8. The van der Waals surface area contributed by atoms with E-state index in [9.17, 15) is 4.79 Å². The minimum absolute atomic E-state index is 0.0419. The van der Waals surface area contributed by atoms with Crippen LogP contribution in [0.2, 0.25) is 10.0 Å². The van der Waals surface area contributed by atoms with Gasteiger partial charge in [-0.2, -0.15) is 0 Å². The molecule has 0 saturated heterocycles. The molecule has 0 heterocycles. The second-order valence-electron chi connectivity index (χ2n) is 6.49. The van der Waals surface area contributed by atoms with E-state index in [1.165, 1.54) is 0 Å². The van der Waals surface area contributed by atoms with E-state index < -0.39 is 11.9 Å². The Kier molecular flexibility index (Phi) is 7.69. The molecule has 3 N–H and O–H groups in total. The molecule has 4 nitrogen and oxygen atoms in total. The van der Waals surface area contributed by atoms with Gasteiger partial charge in [-0.1, -0.05) is 53.5 Å². The molecular formula is C22H23Cl2NO3. The normalized spacial score (nSPS) is 12.6. The summed E-state index contributed by atoms with van der Waals surface area (Å²) in [7, 11) is 1.63. The Bertz CT molecular complexity index is 973. The number of carboxylic acid groups (broad SMARTS) is 1. The standard InChI is InChI=1S/C14H14O3.C8H9Cl2N/c1-9(14(15)16)10-3-4-12-8-13(17-2)6-5-11(12)7-10;1-5(11)7-3-2-6(9)4-8(7)10/h3-9H,1-2H3,(H,15,16);2-5H,11H2,1H3/t9-;5-/m00/s1. The summed E-state index contributed by atoms with van der Waals surface area (Å²) in [6, 6.07) is 16.7. The number of nitrogens with two attached hydrogens (primary N) is 1. The minimum Gasteiger partial charge on any atom is -0.497 e. The first kappa shape index (κ1) is 22.0. The smallest absolute Gasteiger partial charge is 0.310 e. The lowest BCUT2D eigenvalue weighted by atomic mass is 9.98. The lowest BCUT2D eigenvalue weighted by Crippen LogP contribution is -2.06. The average molecular weight is 420 g/mol. The molecule has 3 aromatic rings. The molecule has 2 atom stereocenters. The number of benzene rings is 3. The highest BCUT2D eigenvalue weighted by molar-refractivity contribution is 6.35. The van der Waals surface area contributed by atoms with Crippen LogP contribution in [0, 0.1) is 0 Å². The van der Waals surface area contributed by atoms with Gasteiger partial charge in [-0.25, -0.2) is 0 Å². The molecule has 0 radical (unpaired) electrons. The van der Waals surface area contributed by atoms with Crippen LogP contribution in [0.3, 0.4) is 0 Å². The lowest BCUT2D eigenvalue weighted by Gasteiger charge is -2.08. The summed E-state index contributed by atoms with van der Waals surface area (Å²) >= 11 is 11.6. The van der Waals surface area contributed by atoms with Crippen molar-refractivity contribution < 1.29 is 14.6 Å². The molecule has 0 saturated carbocycles. The van der Waals surface area contributed by atoms with Crippen molar-refractivity contribution in [2.45, 2.75) is 25.8 Å². The summed E-state index contributed by atoms with van der Waals surface area (Å²) in [5.74, 6) is -0.490. The van der Waals surface area contributed by atoms with Crippen molar-refractivity contribution in [1.82, 2.24) is 0 Å². The van der Waals surface area contributed by atoms with E-state index in [4.69, 9.17) is 38.8 Å². The molecule has 3 rings (SSSR count). The van der Waals surface area contributed by atoms with Crippen molar-refractivity contribution in [3.05, 3.63) is 75.8 Å². The Balaban J connectivity index is 0.000000221. The van der Waals surface area contributed by atoms with Crippen molar-refractivity contribution in [2.24, 2.45) is 5.73 Å². The first-order valence-electron chi connectivity index (χ1n) is 8.74. The van der Waals surface area contributed by atoms with Crippen molar-refractivity contribution >= 4 is 39.9 Å². The van der Waals surface area contributed by atoms with Crippen LogP contribution in [0.1, 0.15) is 36.9 Å². The first-order valence-corrected chi connectivity index (χ1v) is 9.49. The fraction of sp³-hybridized carbons (Fsp3) is 0.227. The van der Waals surface area contributed by atoms with Gasteiger partial charge in [-0.15, -0.1) is 0 Å². The van der Waals surface area contributed by atoms with Crippen LogP contribution in [-0.2, 0) is 4.79 Å². The average Bonchev–Trinajstić information content (AvgIpc) is 2.66. The number of rotatable bonds is 4. The van der Waals surface area contributed by atoms with Crippen LogP contribution in [-0.4, -0.2) is 18.2 Å². The van der Waals surface area contributed by atoms with Gasteiger partial charge in [0.1, 0.15) is 5.75 Å². The number of hydrogen-bond acceptors (Lipinski definition) is 3. The van der Waals surface area contributed by atoms with Gasteiger partial charge >= 0.3 is 5.97 Å². The predicted molar refractivity (Wildman–Crippen MR) is 116 cm³/mol. The number of aliphatic carboxylic acids is 1. The summed E-state index contributed by atoms with van der Waals surface area (Å²) < 4.78 is 5.14. The number of halogens is 2. The van der Waals surface area contributed by atoms with Crippen LogP contribution in [0.15, 0.2) is 54.6 Å². The third-order valence-corrected chi connectivity index (χ3v) is 4.96. The largest absolute Gasteiger partial charge is 0.497 e. The molecular weight excluding hydrogens is 397 g/mol. The minimum atomic E-state index is -0.808. The van der Waals surface area contributed by atoms with E-state index in [0.29, 0.717) is 10.0 Å². The van der Waals surface area contributed by atoms with E-state index in [-0.39, 0.29) is 6.04 Å². The van der Waals surface area contributed by atoms with Crippen LogP contribution < -0.4 is 10.5 Å². The zero-order valence-electron chi connectivity index (χ0n) is 15.9. The summed E-state index contributed by atoms with van der Waals surface area (Å²) in [5.41, 5.74) is 7.38. The van der Waals surface area contributed by atoms with Crippen LogP contribution in [0.25, 0.3) is 10.8 Å². The molecule has 28 heavy (non-hydrogen) atoms.